The third-order valence-electron chi connectivity index (χ3n) is 2.68. The SMILES string of the molecule is CCN(CC)C(C)N(CC)CC. The standard InChI is InChI=1S/C10H24N2/c1-6-11(7-2)10(5)12(8-3)9-4/h10H,6-9H2,1-5H3. The van der Waals surface area contributed by atoms with E-state index in [0.717, 1.165) is 26.2 Å². The van der Waals surface area contributed by atoms with Crippen LogP contribution < -0.4 is 0 Å². The summed E-state index contributed by atoms with van der Waals surface area (Å²) < 4.78 is 0. The summed E-state index contributed by atoms with van der Waals surface area (Å²) in [6.45, 7) is 15.8. The highest BCUT2D eigenvalue weighted by Crippen LogP contribution is 2.04. The van der Waals surface area contributed by atoms with Crippen LogP contribution in [0.1, 0.15) is 34.6 Å². The van der Waals surface area contributed by atoms with Gasteiger partial charge < -0.3 is 0 Å². The summed E-state index contributed by atoms with van der Waals surface area (Å²) in [7, 11) is 0. The van der Waals surface area contributed by atoms with Crippen molar-refractivity contribution in [2.75, 3.05) is 26.2 Å². The zero-order chi connectivity index (χ0) is 9.56. The van der Waals surface area contributed by atoms with Crippen LogP contribution >= 0.6 is 0 Å². The Morgan fingerprint density at radius 3 is 1.17 bits per heavy atom. The molecule has 0 aromatic rings. The van der Waals surface area contributed by atoms with E-state index in [1.807, 2.05) is 0 Å². The molecule has 0 spiro atoms. The molecule has 0 bridgehead atoms. The molecule has 74 valence electrons. The van der Waals surface area contributed by atoms with E-state index in [9.17, 15) is 0 Å². The quantitative estimate of drug-likeness (QED) is 0.566. The van der Waals surface area contributed by atoms with Crippen molar-refractivity contribution < 1.29 is 0 Å². The number of hydrogen-bond acceptors (Lipinski definition) is 2. The van der Waals surface area contributed by atoms with Crippen molar-refractivity contribution in [3.05, 3.63) is 0 Å². The predicted octanol–water partition coefficient (Wildman–Crippen LogP) is 2.02. The van der Waals surface area contributed by atoms with Crippen LogP contribution in [0.15, 0.2) is 0 Å². The van der Waals surface area contributed by atoms with E-state index in [4.69, 9.17) is 0 Å². The lowest BCUT2D eigenvalue weighted by Gasteiger charge is -2.35. The first-order valence-electron chi connectivity index (χ1n) is 5.19. The monoisotopic (exact) mass is 172 g/mol. The normalized spacial score (nSPS) is 12.0. The van der Waals surface area contributed by atoms with Gasteiger partial charge in [0.1, 0.15) is 0 Å². The largest absolute Gasteiger partial charge is 0.289 e. The van der Waals surface area contributed by atoms with Crippen LogP contribution in [0.5, 0.6) is 0 Å². The summed E-state index contributed by atoms with van der Waals surface area (Å²) in [6.07, 6.45) is 0.593. The second-order valence-corrected chi connectivity index (χ2v) is 3.07. The Morgan fingerprint density at radius 2 is 1.00 bits per heavy atom. The summed E-state index contributed by atoms with van der Waals surface area (Å²) in [6, 6.07) is 0. The second-order valence-electron chi connectivity index (χ2n) is 3.07. The van der Waals surface area contributed by atoms with Gasteiger partial charge in [0.15, 0.2) is 0 Å². The van der Waals surface area contributed by atoms with Gasteiger partial charge in [-0.15, -0.1) is 0 Å². The molecule has 0 radical (unpaired) electrons. The average molecular weight is 172 g/mol. The molecule has 0 saturated carbocycles. The highest BCUT2D eigenvalue weighted by Gasteiger charge is 2.14. The van der Waals surface area contributed by atoms with Crippen molar-refractivity contribution in [2.45, 2.75) is 40.8 Å². The Morgan fingerprint density at radius 1 is 0.750 bits per heavy atom. The lowest BCUT2D eigenvalue weighted by atomic mass is 10.3. The van der Waals surface area contributed by atoms with Gasteiger partial charge in [-0.05, 0) is 33.1 Å². The zero-order valence-corrected chi connectivity index (χ0v) is 9.30. The molecular formula is C10H24N2. The molecule has 0 aromatic heterocycles. The molecule has 0 amide bonds. The minimum Gasteiger partial charge on any atom is -0.289 e. The number of rotatable bonds is 6. The predicted molar refractivity (Wildman–Crippen MR) is 55.3 cm³/mol. The maximum Gasteiger partial charge on any atom is 0.0592 e. The highest BCUT2D eigenvalue weighted by atomic mass is 15.3. The molecule has 0 heterocycles. The fourth-order valence-electron chi connectivity index (χ4n) is 1.74. The third kappa shape index (κ3) is 3.11. The van der Waals surface area contributed by atoms with Crippen molar-refractivity contribution in [2.24, 2.45) is 0 Å². The average Bonchev–Trinajstić information content (AvgIpc) is 2.09. The molecular weight excluding hydrogens is 148 g/mol. The van der Waals surface area contributed by atoms with Gasteiger partial charge in [0.25, 0.3) is 0 Å². The van der Waals surface area contributed by atoms with E-state index >= 15 is 0 Å². The summed E-state index contributed by atoms with van der Waals surface area (Å²) >= 11 is 0. The van der Waals surface area contributed by atoms with Crippen LogP contribution in [0.3, 0.4) is 0 Å². The number of nitrogens with zero attached hydrogens (tertiary/aromatic N) is 2. The van der Waals surface area contributed by atoms with Gasteiger partial charge in [-0.25, -0.2) is 0 Å². The highest BCUT2D eigenvalue weighted by molar-refractivity contribution is 4.65. The third-order valence-corrected chi connectivity index (χ3v) is 2.68. The summed E-state index contributed by atoms with van der Waals surface area (Å²) in [5.74, 6) is 0. The van der Waals surface area contributed by atoms with Gasteiger partial charge in [0.05, 0.1) is 6.17 Å². The molecule has 2 heteroatoms. The van der Waals surface area contributed by atoms with Crippen molar-refractivity contribution in [1.29, 1.82) is 0 Å². The van der Waals surface area contributed by atoms with Gasteiger partial charge >= 0.3 is 0 Å². The van der Waals surface area contributed by atoms with E-state index in [1.54, 1.807) is 0 Å². The van der Waals surface area contributed by atoms with E-state index in [-0.39, 0.29) is 0 Å². The van der Waals surface area contributed by atoms with Gasteiger partial charge in [0, 0.05) is 0 Å². The van der Waals surface area contributed by atoms with Crippen molar-refractivity contribution >= 4 is 0 Å². The Labute approximate surface area is 77.5 Å². The lowest BCUT2D eigenvalue weighted by Crippen LogP contribution is -2.46. The van der Waals surface area contributed by atoms with Crippen LogP contribution in [0, 0.1) is 0 Å². The summed E-state index contributed by atoms with van der Waals surface area (Å²) in [5, 5.41) is 0. The molecule has 0 aliphatic rings. The second kappa shape index (κ2) is 6.44. The van der Waals surface area contributed by atoms with Crippen LogP contribution in [-0.4, -0.2) is 42.1 Å². The Balaban J connectivity index is 4.02. The summed E-state index contributed by atoms with van der Waals surface area (Å²) in [4.78, 5) is 4.96. The molecule has 0 fully saturated rings. The van der Waals surface area contributed by atoms with Crippen LogP contribution in [0.25, 0.3) is 0 Å². The first kappa shape index (κ1) is 11.9. The van der Waals surface area contributed by atoms with Crippen molar-refractivity contribution in [3.8, 4) is 0 Å². The maximum absolute atomic E-state index is 2.48. The zero-order valence-electron chi connectivity index (χ0n) is 9.30. The molecule has 2 nitrogen and oxygen atoms in total. The first-order valence-corrected chi connectivity index (χ1v) is 5.19. The molecule has 0 unspecified atom stereocenters. The lowest BCUT2D eigenvalue weighted by molar-refractivity contribution is 0.0711. The molecule has 0 rings (SSSR count). The molecule has 0 aromatic carbocycles. The van der Waals surface area contributed by atoms with Gasteiger partial charge in [-0.1, -0.05) is 27.7 Å². The van der Waals surface area contributed by atoms with E-state index in [0.29, 0.717) is 6.17 Å². The van der Waals surface area contributed by atoms with Gasteiger partial charge in [-0.3, -0.25) is 9.80 Å². The molecule has 0 atom stereocenters. The maximum atomic E-state index is 2.48. The van der Waals surface area contributed by atoms with E-state index < -0.39 is 0 Å². The molecule has 0 aliphatic heterocycles. The first-order chi connectivity index (χ1) is 5.71. The minimum absolute atomic E-state index is 0.593. The molecule has 0 N–H and O–H groups in total. The topological polar surface area (TPSA) is 6.48 Å². The molecule has 12 heavy (non-hydrogen) atoms. The van der Waals surface area contributed by atoms with Crippen LogP contribution in [0.4, 0.5) is 0 Å². The Kier molecular flexibility index (Phi) is 6.39. The van der Waals surface area contributed by atoms with Crippen LogP contribution in [-0.2, 0) is 0 Å². The van der Waals surface area contributed by atoms with Crippen molar-refractivity contribution in [1.82, 2.24) is 9.80 Å². The molecule has 0 saturated heterocycles. The van der Waals surface area contributed by atoms with Gasteiger partial charge in [-0.2, -0.15) is 0 Å². The van der Waals surface area contributed by atoms with Crippen molar-refractivity contribution in [3.63, 3.8) is 0 Å². The minimum atomic E-state index is 0.593. The van der Waals surface area contributed by atoms with Gasteiger partial charge in [0.2, 0.25) is 0 Å². The Hall–Kier alpha value is -0.0800. The van der Waals surface area contributed by atoms with E-state index in [1.165, 1.54) is 0 Å². The molecule has 0 aliphatic carbocycles. The smallest absolute Gasteiger partial charge is 0.0592 e. The summed E-state index contributed by atoms with van der Waals surface area (Å²) in [5.41, 5.74) is 0. The number of hydrogen-bond donors (Lipinski definition) is 0. The fourth-order valence-corrected chi connectivity index (χ4v) is 1.74. The Bertz CT molecular complexity index is 84.0. The van der Waals surface area contributed by atoms with Crippen LogP contribution in [0.2, 0.25) is 0 Å². The fraction of sp³-hybridized carbons (Fsp3) is 1.00. The van der Waals surface area contributed by atoms with E-state index in [2.05, 4.69) is 44.4 Å².